The summed E-state index contributed by atoms with van der Waals surface area (Å²) in [4.78, 5) is 12.2. The van der Waals surface area contributed by atoms with Crippen molar-refractivity contribution in [1.29, 1.82) is 0 Å². The van der Waals surface area contributed by atoms with Gasteiger partial charge in [0.2, 0.25) is 5.91 Å². The molecule has 0 unspecified atom stereocenters. The van der Waals surface area contributed by atoms with Gasteiger partial charge < -0.3 is 10.1 Å². The molecule has 1 atom stereocenters. The van der Waals surface area contributed by atoms with Crippen LogP contribution in [0.5, 0.6) is 5.75 Å². The van der Waals surface area contributed by atoms with Crippen LogP contribution in [0.2, 0.25) is 0 Å². The number of ether oxygens (including phenoxy) is 1. The Hall–Kier alpha value is -2.36. The fraction of sp³-hybridized carbons (Fsp3) is 0.316. The molecule has 0 aromatic heterocycles. The molecule has 2 rings (SSSR count). The lowest BCUT2D eigenvalue weighted by Gasteiger charge is -2.15. The third-order valence-corrected chi connectivity index (χ3v) is 3.96. The molecular formula is C19H22FNO2. The minimum Gasteiger partial charge on any atom is -0.494 e. The molecule has 0 aliphatic rings. The molecule has 2 aromatic carbocycles. The van der Waals surface area contributed by atoms with Gasteiger partial charge in [0.25, 0.3) is 0 Å². The number of methoxy groups -OCH3 is 1. The topological polar surface area (TPSA) is 38.3 Å². The van der Waals surface area contributed by atoms with Crippen molar-refractivity contribution >= 4 is 11.6 Å². The van der Waals surface area contributed by atoms with Crippen molar-refractivity contribution in [3.8, 4) is 5.75 Å². The van der Waals surface area contributed by atoms with Crippen LogP contribution in [0.25, 0.3) is 0 Å². The average molecular weight is 315 g/mol. The number of rotatable bonds is 6. The molecule has 0 spiro atoms. The lowest BCUT2D eigenvalue weighted by Crippen LogP contribution is -2.16. The normalized spacial score (nSPS) is 11.8. The summed E-state index contributed by atoms with van der Waals surface area (Å²) in [6.07, 6.45) is 1.12. The predicted molar refractivity (Wildman–Crippen MR) is 90.4 cm³/mol. The second-order valence-electron chi connectivity index (χ2n) is 5.59. The summed E-state index contributed by atoms with van der Waals surface area (Å²) in [5.74, 6) is -0.0793. The molecule has 0 heterocycles. The van der Waals surface area contributed by atoms with Crippen LogP contribution in [0.3, 0.4) is 0 Å². The third kappa shape index (κ3) is 4.31. The predicted octanol–water partition coefficient (Wildman–Crippen LogP) is 4.53. The highest BCUT2D eigenvalue weighted by atomic mass is 19.1. The first-order chi connectivity index (χ1) is 11.0. The molecule has 0 fully saturated rings. The number of halogens is 1. The molecule has 0 aliphatic carbocycles. The van der Waals surface area contributed by atoms with Gasteiger partial charge in [0.15, 0.2) is 11.6 Å². The summed E-state index contributed by atoms with van der Waals surface area (Å²) in [6.45, 7) is 4.24. The summed E-state index contributed by atoms with van der Waals surface area (Å²) in [5, 5.41) is 2.93. The molecule has 0 saturated heterocycles. The van der Waals surface area contributed by atoms with Crippen LogP contribution in [-0.2, 0) is 11.2 Å². The Morgan fingerprint density at radius 2 is 2.00 bits per heavy atom. The first-order valence-electron chi connectivity index (χ1n) is 7.76. The smallest absolute Gasteiger partial charge is 0.228 e. The summed E-state index contributed by atoms with van der Waals surface area (Å²) < 4.78 is 18.6. The second kappa shape index (κ2) is 7.77. The summed E-state index contributed by atoms with van der Waals surface area (Å²) in [6, 6.07) is 12.3. The van der Waals surface area contributed by atoms with Gasteiger partial charge in [-0.15, -0.1) is 0 Å². The van der Waals surface area contributed by atoms with E-state index in [4.69, 9.17) is 4.74 Å². The van der Waals surface area contributed by atoms with E-state index in [2.05, 4.69) is 19.2 Å². The number of para-hydroxylation sites is 1. The maximum Gasteiger partial charge on any atom is 0.228 e. The van der Waals surface area contributed by atoms with E-state index in [1.807, 2.05) is 24.3 Å². The minimum absolute atomic E-state index is 0.121. The Morgan fingerprint density at radius 3 is 2.65 bits per heavy atom. The average Bonchev–Trinajstić information content (AvgIpc) is 2.54. The van der Waals surface area contributed by atoms with Gasteiger partial charge >= 0.3 is 0 Å². The Balaban J connectivity index is 2.10. The van der Waals surface area contributed by atoms with Crippen LogP contribution in [-0.4, -0.2) is 13.0 Å². The number of amides is 1. The molecule has 4 heteroatoms. The fourth-order valence-corrected chi connectivity index (χ4v) is 2.46. The lowest BCUT2D eigenvalue weighted by atomic mass is 9.97. The molecule has 23 heavy (non-hydrogen) atoms. The van der Waals surface area contributed by atoms with Crippen LogP contribution < -0.4 is 10.1 Å². The van der Waals surface area contributed by atoms with Crippen LogP contribution in [0, 0.1) is 5.82 Å². The number of nitrogens with one attached hydrogen (secondary N) is 1. The highest BCUT2D eigenvalue weighted by Crippen LogP contribution is 2.26. The number of hydrogen-bond acceptors (Lipinski definition) is 2. The summed E-state index contributed by atoms with van der Waals surface area (Å²) >= 11 is 0. The summed E-state index contributed by atoms with van der Waals surface area (Å²) in [7, 11) is 1.41. The molecule has 1 N–H and O–H groups in total. The maximum atomic E-state index is 13.7. The quantitative estimate of drug-likeness (QED) is 0.850. The zero-order valence-electron chi connectivity index (χ0n) is 13.7. The van der Waals surface area contributed by atoms with E-state index in [9.17, 15) is 9.18 Å². The Labute approximate surface area is 136 Å². The van der Waals surface area contributed by atoms with Crippen molar-refractivity contribution in [2.24, 2.45) is 0 Å². The van der Waals surface area contributed by atoms with Crippen LogP contribution in [0.1, 0.15) is 37.3 Å². The van der Waals surface area contributed by atoms with Gasteiger partial charge in [0.05, 0.1) is 13.5 Å². The zero-order valence-corrected chi connectivity index (χ0v) is 13.7. The van der Waals surface area contributed by atoms with Crippen molar-refractivity contribution in [3.63, 3.8) is 0 Å². The first kappa shape index (κ1) is 17.0. The van der Waals surface area contributed by atoms with E-state index in [1.165, 1.54) is 19.2 Å². The zero-order chi connectivity index (χ0) is 16.8. The Bertz CT molecular complexity index is 685. The van der Waals surface area contributed by atoms with Gasteiger partial charge in [-0.2, -0.15) is 0 Å². The van der Waals surface area contributed by atoms with Gasteiger partial charge in [0.1, 0.15) is 0 Å². The maximum absolute atomic E-state index is 13.7. The Kier molecular flexibility index (Phi) is 5.74. The van der Waals surface area contributed by atoms with Crippen molar-refractivity contribution < 1.29 is 13.9 Å². The monoisotopic (exact) mass is 315 g/mol. The van der Waals surface area contributed by atoms with Crippen LogP contribution >= 0.6 is 0 Å². The van der Waals surface area contributed by atoms with E-state index in [0.29, 0.717) is 11.5 Å². The largest absolute Gasteiger partial charge is 0.494 e. The molecule has 0 saturated carbocycles. The second-order valence-corrected chi connectivity index (χ2v) is 5.59. The SMILES string of the molecule is CC[C@H](C)c1ccccc1NC(=O)Cc1ccc(OC)c(F)c1. The summed E-state index contributed by atoms with van der Waals surface area (Å²) in [5.41, 5.74) is 2.55. The molecule has 0 radical (unpaired) electrons. The Morgan fingerprint density at radius 1 is 1.26 bits per heavy atom. The van der Waals surface area contributed by atoms with Gasteiger partial charge in [-0.05, 0) is 41.7 Å². The van der Waals surface area contributed by atoms with E-state index < -0.39 is 5.82 Å². The molecule has 122 valence electrons. The van der Waals surface area contributed by atoms with E-state index in [-0.39, 0.29) is 18.1 Å². The molecule has 1 amide bonds. The van der Waals surface area contributed by atoms with E-state index in [0.717, 1.165) is 17.7 Å². The van der Waals surface area contributed by atoms with Crippen molar-refractivity contribution in [3.05, 3.63) is 59.4 Å². The van der Waals surface area contributed by atoms with Gasteiger partial charge in [0, 0.05) is 5.69 Å². The molecule has 3 nitrogen and oxygen atoms in total. The minimum atomic E-state index is -0.460. The molecule has 2 aromatic rings. The van der Waals surface area contributed by atoms with E-state index in [1.54, 1.807) is 6.07 Å². The van der Waals surface area contributed by atoms with Gasteiger partial charge in [-0.1, -0.05) is 38.1 Å². The number of benzene rings is 2. The third-order valence-electron chi connectivity index (χ3n) is 3.96. The fourth-order valence-electron chi connectivity index (χ4n) is 2.46. The highest BCUT2D eigenvalue weighted by Gasteiger charge is 2.12. The van der Waals surface area contributed by atoms with Crippen LogP contribution in [0.15, 0.2) is 42.5 Å². The molecular weight excluding hydrogens is 293 g/mol. The number of anilines is 1. The highest BCUT2D eigenvalue weighted by molar-refractivity contribution is 5.93. The molecule has 0 bridgehead atoms. The number of carbonyl (C=O) groups excluding carboxylic acids is 1. The van der Waals surface area contributed by atoms with E-state index >= 15 is 0 Å². The van der Waals surface area contributed by atoms with Crippen molar-refractivity contribution in [2.45, 2.75) is 32.6 Å². The lowest BCUT2D eigenvalue weighted by molar-refractivity contribution is -0.115. The molecule has 0 aliphatic heterocycles. The van der Waals surface area contributed by atoms with Crippen molar-refractivity contribution in [1.82, 2.24) is 0 Å². The van der Waals surface area contributed by atoms with Gasteiger partial charge in [-0.25, -0.2) is 4.39 Å². The first-order valence-corrected chi connectivity index (χ1v) is 7.76. The van der Waals surface area contributed by atoms with Crippen LogP contribution in [0.4, 0.5) is 10.1 Å². The number of carbonyl (C=O) groups is 1. The van der Waals surface area contributed by atoms with Crippen molar-refractivity contribution in [2.75, 3.05) is 12.4 Å². The number of hydrogen-bond donors (Lipinski definition) is 1. The standard InChI is InChI=1S/C19H22FNO2/c1-4-13(2)15-7-5-6-8-17(15)21-19(22)12-14-9-10-18(23-3)16(20)11-14/h5-11,13H,4,12H2,1-3H3,(H,21,22)/t13-/m0/s1. The van der Waals surface area contributed by atoms with Gasteiger partial charge in [-0.3, -0.25) is 4.79 Å².